The van der Waals surface area contributed by atoms with Crippen molar-refractivity contribution in [2.24, 2.45) is 5.92 Å². The highest BCUT2D eigenvalue weighted by atomic mass is 16.5. The van der Waals surface area contributed by atoms with E-state index in [0.717, 1.165) is 31.3 Å². The third kappa shape index (κ3) is 4.70. The summed E-state index contributed by atoms with van der Waals surface area (Å²) in [4.78, 5) is 23.2. The van der Waals surface area contributed by atoms with Gasteiger partial charge in [-0.1, -0.05) is 29.9 Å². The number of hydrogen-bond donors (Lipinski definition) is 1. The van der Waals surface area contributed by atoms with Gasteiger partial charge in [-0.2, -0.15) is 0 Å². The number of carboxylic acid groups (broad SMARTS) is 1. The first-order valence-corrected chi connectivity index (χ1v) is 8.53. The zero-order valence-corrected chi connectivity index (χ0v) is 14.5. The number of rotatable bonds is 1. The van der Waals surface area contributed by atoms with E-state index in [0.29, 0.717) is 24.0 Å². The summed E-state index contributed by atoms with van der Waals surface area (Å²) in [5.74, 6) is -1.10. The fourth-order valence-electron chi connectivity index (χ4n) is 3.21. The monoisotopic (exact) mass is 330 g/mol. The Morgan fingerprint density at radius 1 is 1.17 bits per heavy atom. The molecule has 0 radical (unpaired) electrons. The third-order valence-electron chi connectivity index (χ3n) is 4.76. The highest BCUT2D eigenvalue weighted by Crippen LogP contribution is 2.33. The number of hydrogen-bond acceptors (Lipinski definition) is 3. The standard InChI is InChI=1S/C20H26O4/c1-13-6-4-8-16(19(21)22)9-5-7-14(2)12-18-17(11-10-13)15(3)20(23)24-18/h6,9,12,17-18H,3-5,7-8,10-11H2,1-2H3,(H,21,22)/b13-6+,14-12+,16-9-/t17-,18-/m0/s1. The molecule has 1 aliphatic heterocycles. The highest BCUT2D eigenvalue weighted by molar-refractivity contribution is 5.91. The van der Waals surface area contributed by atoms with Crippen LogP contribution in [0.1, 0.15) is 52.4 Å². The molecule has 4 heteroatoms. The van der Waals surface area contributed by atoms with E-state index < -0.39 is 5.97 Å². The minimum atomic E-state index is -0.837. The van der Waals surface area contributed by atoms with Crippen molar-refractivity contribution >= 4 is 11.9 Å². The van der Waals surface area contributed by atoms with Crippen LogP contribution in [0, 0.1) is 5.92 Å². The lowest BCUT2D eigenvalue weighted by Crippen LogP contribution is -2.15. The van der Waals surface area contributed by atoms with Gasteiger partial charge in [0.15, 0.2) is 0 Å². The summed E-state index contributed by atoms with van der Waals surface area (Å²) >= 11 is 0. The van der Waals surface area contributed by atoms with Gasteiger partial charge in [-0.25, -0.2) is 9.59 Å². The smallest absolute Gasteiger partial charge is 0.334 e. The average Bonchev–Trinajstić information content (AvgIpc) is 2.77. The Bertz CT molecular complexity index is 622. The Morgan fingerprint density at radius 3 is 2.58 bits per heavy atom. The maximum absolute atomic E-state index is 11.8. The summed E-state index contributed by atoms with van der Waals surface area (Å²) in [7, 11) is 0. The number of ether oxygens (including phenoxy) is 1. The Hall–Kier alpha value is -2.10. The first kappa shape index (κ1) is 18.2. The van der Waals surface area contributed by atoms with E-state index in [2.05, 4.69) is 12.7 Å². The zero-order valence-electron chi connectivity index (χ0n) is 14.5. The molecule has 0 saturated carbocycles. The van der Waals surface area contributed by atoms with Crippen molar-refractivity contribution in [1.29, 1.82) is 0 Å². The van der Waals surface area contributed by atoms with Crippen molar-refractivity contribution in [2.75, 3.05) is 0 Å². The van der Waals surface area contributed by atoms with E-state index in [1.807, 2.05) is 26.0 Å². The molecule has 1 N–H and O–H groups in total. The second kappa shape index (κ2) is 8.13. The minimum absolute atomic E-state index is 0.0314. The van der Waals surface area contributed by atoms with Crippen LogP contribution in [0.4, 0.5) is 0 Å². The summed E-state index contributed by atoms with van der Waals surface area (Å²) in [5.41, 5.74) is 3.36. The average molecular weight is 330 g/mol. The normalized spacial score (nSPS) is 33.0. The Morgan fingerprint density at radius 2 is 1.88 bits per heavy atom. The van der Waals surface area contributed by atoms with Crippen LogP contribution in [0.2, 0.25) is 0 Å². The molecule has 0 amide bonds. The molecule has 0 bridgehead atoms. The van der Waals surface area contributed by atoms with Crippen LogP contribution in [0.5, 0.6) is 0 Å². The van der Waals surface area contributed by atoms with Gasteiger partial charge in [0.2, 0.25) is 0 Å². The molecule has 4 nitrogen and oxygen atoms in total. The number of carbonyl (C=O) groups excluding carboxylic acids is 1. The molecule has 0 aromatic carbocycles. The van der Waals surface area contributed by atoms with Gasteiger partial charge >= 0.3 is 11.9 Å². The van der Waals surface area contributed by atoms with Crippen LogP contribution in [0.25, 0.3) is 0 Å². The third-order valence-corrected chi connectivity index (χ3v) is 4.76. The van der Waals surface area contributed by atoms with Gasteiger partial charge in [0.1, 0.15) is 6.10 Å². The molecule has 0 aromatic rings. The van der Waals surface area contributed by atoms with Crippen LogP contribution in [-0.2, 0) is 14.3 Å². The maximum atomic E-state index is 11.8. The van der Waals surface area contributed by atoms with Crippen molar-refractivity contribution in [3.63, 3.8) is 0 Å². The fourth-order valence-corrected chi connectivity index (χ4v) is 3.21. The van der Waals surface area contributed by atoms with Gasteiger partial charge in [0, 0.05) is 17.1 Å². The van der Waals surface area contributed by atoms with E-state index >= 15 is 0 Å². The van der Waals surface area contributed by atoms with E-state index in [9.17, 15) is 14.7 Å². The molecule has 1 heterocycles. The summed E-state index contributed by atoms with van der Waals surface area (Å²) in [5, 5.41) is 9.29. The van der Waals surface area contributed by atoms with Crippen molar-refractivity contribution in [3.8, 4) is 0 Å². The van der Waals surface area contributed by atoms with Gasteiger partial charge in [-0.3, -0.25) is 0 Å². The summed E-state index contributed by atoms with van der Waals surface area (Å²) in [6.45, 7) is 7.95. The summed E-state index contributed by atoms with van der Waals surface area (Å²) in [6.07, 6.45) is 10.1. The second-order valence-corrected chi connectivity index (χ2v) is 6.72. The lowest BCUT2D eigenvalue weighted by molar-refractivity contribution is -0.137. The maximum Gasteiger partial charge on any atom is 0.334 e. The molecule has 0 unspecified atom stereocenters. The molecule has 1 aliphatic carbocycles. The van der Waals surface area contributed by atoms with Crippen molar-refractivity contribution in [1.82, 2.24) is 0 Å². The predicted octanol–water partition coefficient (Wildman–Crippen LogP) is 4.34. The Kier molecular flexibility index (Phi) is 6.18. The predicted molar refractivity (Wildman–Crippen MR) is 93.4 cm³/mol. The number of carboxylic acids is 1. The molecule has 2 aliphatic rings. The van der Waals surface area contributed by atoms with Crippen LogP contribution in [0.3, 0.4) is 0 Å². The summed E-state index contributed by atoms with van der Waals surface area (Å²) in [6, 6.07) is 0. The van der Waals surface area contributed by atoms with Gasteiger partial charge in [-0.05, 0) is 58.4 Å². The Balaban J connectivity index is 2.23. The van der Waals surface area contributed by atoms with Gasteiger partial charge < -0.3 is 9.84 Å². The van der Waals surface area contributed by atoms with E-state index in [1.165, 1.54) is 5.57 Å². The molecular weight excluding hydrogens is 304 g/mol. The molecule has 2 rings (SSSR count). The van der Waals surface area contributed by atoms with Gasteiger partial charge in [0.05, 0.1) is 0 Å². The molecule has 24 heavy (non-hydrogen) atoms. The number of allylic oxidation sites excluding steroid dienone is 4. The lowest BCUT2D eigenvalue weighted by atomic mass is 9.89. The van der Waals surface area contributed by atoms with Crippen molar-refractivity contribution < 1.29 is 19.4 Å². The lowest BCUT2D eigenvalue weighted by Gasteiger charge is -2.16. The van der Waals surface area contributed by atoms with Crippen molar-refractivity contribution in [2.45, 2.75) is 58.5 Å². The van der Waals surface area contributed by atoms with Gasteiger partial charge in [-0.15, -0.1) is 0 Å². The largest absolute Gasteiger partial charge is 0.478 e. The number of carbonyl (C=O) groups is 2. The van der Waals surface area contributed by atoms with Crippen molar-refractivity contribution in [3.05, 3.63) is 47.1 Å². The second-order valence-electron chi connectivity index (χ2n) is 6.72. The zero-order chi connectivity index (χ0) is 17.7. The minimum Gasteiger partial charge on any atom is -0.478 e. The quantitative estimate of drug-likeness (QED) is 0.441. The highest BCUT2D eigenvalue weighted by Gasteiger charge is 2.36. The summed E-state index contributed by atoms with van der Waals surface area (Å²) < 4.78 is 5.46. The SMILES string of the molecule is C=C1C(=O)O[C@H]2/C=C(\C)CC/C=C(\C(=O)O)CC/C=C(\C)CC[C@@H]12. The molecule has 1 fully saturated rings. The topological polar surface area (TPSA) is 63.6 Å². The van der Waals surface area contributed by atoms with E-state index in [1.54, 1.807) is 0 Å². The number of aliphatic carboxylic acids is 1. The molecular formula is C20H26O4. The molecule has 130 valence electrons. The van der Waals surface area contributed by atoms with E-state index in [4.69, 9.17) is 4.74 Å². The first-order valence-electron chi connectivity index (χ1n) is 8.53. The Labute approximate surface area is 143 Å². The van der Waals surface area contributed by atoms with Crippen LogP contribution < -0.4 is 0 Å². The van der Waals surface area contributed by atoms with Gasteiger partial charge in [0.25, 0.3) is 0 Å². The molecule has 1 saturated heterocycles. The molecule has 0 spiro atoms. The van der Waals surface area contributed by atoms with E-state index in [-0.39, 0.29) is 18.0 Å². The van der Waals surface area contributed by atoms with Crippen LogP contribution >= 0.6 is 0 Å². The molecule has 0 aromatic heterocycles. The first-order chi connectivity index (χ1) is 11.4. The molecule has 2 atom stereocenters. The number of esters is 1. The number of fused-ring (bicyclic) bond motifs is 1. The fraction of sp³-hybridized carbons (Fsp3) is 0.500. The van der Waals surface area contributed by atoms with Crippen LogP contribution in [-0.4, -0.2) is 23.1 Å². The van der Waals surface area contributed by atoms with Crippen LogP contribution in [0.15, 0.2) is 47.1 Å².